The van der Waals surface area contributed by atoms with Crippen molar-refractivity contribution in [2.75, 3.05) is 0 Å². The van der Waals surface area contributed by atoms with Gasteiger partial charge in [-0.15, -0.1) is 5.10 Å². The molecule has 1 N–H and O–H groups in total. The Bertz CT molecular complexity index is 666. The van der Waals surface area contributed by atoms with Gasteiger partial charge in [-0.2, -0.15) is 0 Å². The third-order valence-electron chi connectivity index (χ3n) is 3.28. The predicted octanol–water partition coefficient (Wildman–Crippen LogP) is 3.39. The predicted molar refractivity (Wildman–Crippen MR) is 81.1 cm³/mol. The lowest BCUT2D eigenvalue weighted by Crippen LogP contribution is -2.17. The highest BCUT2D eigenvalue weighted by molar-refractivity contribution is 5.83. The first kappa shape index (κ1) is 15.2. The molecule has 1 aromatic carbocycles. The van der Waals surface area contributed by atoms with Crippen molar-refractivity contribution < 1.29 is 9.90 Å². The molecule has 0 aliphatic rings. The van der Waals surface area contributed by atoms with E-state index in [4.69, 9.17) is 5.11 Å². The molecule has 0 unspecified atom stereocenters. The quantitative estimate of drug-likeness (QED) is 0.939. The zero-order valence-corrected chi connectivity index (χ0v) is 13.1. The first-order chi connectivity index (χ1) is 9.71. The summed E-state index contributed by atoms with van der Waals surface area (Å²) in [4.78, 5) is 15.3. The molecule has 0 fully saturated rings. The van der Waals surface area contributed by atoms with Crippen LogP contribution in [0.5, 0.6) is 0 Å². The van der Waals surface area contributed by atoms with Crippen LogP contribution in [0.4, 0.5) is 0 Å². The molecule has 5 nitrogen and oxygen atoms in total. The van der Waals surface area contributed by atoms with Crippen LogP contribution < -0.4 is 0 Å². The molecule has 112 valence electrons. The normalized spacial score (nSPS) is 11.9. The van der Waals surface area contributed by atoms with Gasteiger partial charge in [0, 0.05) is 5.92 Å². The van der Waals surface area contributed by atoms with Gasteiger partial charge in [0.1, 0.15) is 5.82 Å². The maximum atomic E-state index is 11.2. The lowest BCUT2D eigenvalue weighted by molar-refractivity contribution is 0.0683. The third-order valence-corrected chi connectivity index (χ3v) is 3.28. The molecule has 21 heavy (non-hydrogen) atoms. The molecule has 1 heterocycles. The molecule has 2 aromatic rings. The summed E-state index contributed by atoms with van der Waals surface area (Å²) in [5.74, 6) is -0.533. The first-order valence-corrected chi connectivity index (χ1v) is 7.02. The summed E-state index contributed by atoms with van der Waals surface area (Å²) in [6.07, 6.45) is 0. The Morgan fingerprint density at radius 3 is 2.38 bits per heavy atom. The fourth-order valence-electron chi connectivity index (χ4n) is 2.26. The molecule has 0 aliphatic heterocycles. The molecule has 5 heteroatoms. The van der Waals surface area contributed by atoms with E-state index < -0.39 is 5.97 Å². The number of aromatic nitrogens is 3. The SMILES string of the molecule is CC(C)c1nc(C(=O)O)nn1-c1ccccc1C(C)(C)C. The van der Waals surface area contributed by atoms with Gasteiger partial charge >= 0.3 is 5.97 Å². The second kappa shape index (κ2) is 5.31. The van der Waals surface area contributed by atoms with Gasteiger partial charge in [0.05, 0.1) is 5.69 Å². The van der Waals surface area contributed by atoms with Crippen LogP contribution in [0.2, 0.25) is 0 Å². The summed E-state index contributed by atoms with van der Waals surface area (Å²) in [6.45, 7) is 10.3. The number of nitrogens with zero attached hydrogens (tertiary/aromatic N) is 3. The second-order valence-electron chi connectivity index (χ2n) is 6.43. The highest BCUT2D eigenvalue weighted by atomic mass is 16.4. The molecule has 0 atom stereocenters. The van der Waals surface area contributed by atoms with E-state index >= 15 is 0 Å². The zero-order chi connectivity index (χ0) is 15.8. The van der Waals surface area contributed by atoms with Crippen LogP contribution in [0, 0.1) is 0 Å². The minimum atomic E-state index is -1.11. The monoisotopic (exact) mass is 287 g/mol. The molecule has 0 saturated carbocycles. The number of para-hydroxylation sites is 1. The van der Waals surface area contributed by atoms with Crippen molar-refractivity contribution in [3.8, 4) is 5.69 Å². The average molecular weight is 287 g/mol. The molecule has 0 saturated heterocycles. The van der Waals surface area contributed by atoms with Gasteiger partial charge < -0.3 is 5.11 Å². The minimum Gasteiger partial charge on any atom is -0.475 e. The number of benzene rings is 1. The highest BCUT2D eigenvalue weighted by Gasteiger charge is 2.24. The standard InChI is InChI=1S/C16H21N3O2/c1-10(2)14-17-13(15(20)21)18-19(14)12-9-7-6-8-11(12)16(3,4)5/h6-10H,1-5H3,(H,20,21). The van der Waals surface area contributed by atoms with E-state index in [1.807, 2.05) is 38.1 Å². The smallest absolute Gasteiger partial charge is 0.375 e. The van der Waals surface area contributed by atoms with Crippen LogP contribution in [0.15, 0.2) is 24.3 Å². The first-order valence-electron chi connectivity index (χ1n) is 7.02. The molecule has 0 spiro atoms. The van der Waals surface area contributed by atoms with Crippen LogP contribution in [0.25, 0.3) is 5.69 Å². The van der Waals surface area contributed by atoms with E-state index in [9.17, 15) is 4.79 Å². The number of rotatable bonds is 3. The highest BCUT2D eigenvalue weighted by Crippen LogP contribution is 2.29. The summed E-state index contributed by atoms with van der Waals surface area (Å²) in [7, 11) is 0. The Labute approximate surface area is 124 Å². The molecule has 0 aliphatic carbocycles. The number of carbonyl (C=O) groups is 1. The van der Waals surface area contributed by atoms with Crippen molar-refractivity contribution in [1.29, 1.82) is 0 Å². The molecular formula is C16H21N3O2. The van der Waals surface area contributed by atoms with Crippen LogP contribution in [0.3, 0.4) is 0 Å². The fraction of sp³-hybridized carbons (Fsp3) is 0.438. The Kier molecular flexibility index (Phi) is 3.85. The van der Waals surface area contributed by atoms with Gasteiger partial charge in [-0.05, 0) is 17.0 Å². The summed E-state index contributed by atoms with van der Waals surface area (Å²) < 4.78 is 1.66. The number of hydrogen-bond donors (Lipinski definition) is 1. The van der Waals surface area contributed by atoms with E-state index in [0.717, 1.165) is 11.3 Å². The lowest BCUT2D eigenvalue weighted by atomic mass is 9.86. The molecule has 0 amide bonds. The van der Waals surface area contributed by atoms with E-state index in [0.29, 0.717) is 5.82 Å². The average Bonchev–Trinajstić information content (AvgIpc) is 2.83. The lowest BCUT2D eigenvalue weighted by Gasteiger charge is -2.23. The van der Waals surface area contributed by atoms with Crippen LogP contribution in [-0.4, -0.2) is 25.8 Å². The van der Waals surface area contributed by atoms with E-state index in [1.165, 1.54) is 0 Å². The number of aromatic carboxylic acids is 1. The van der Waals surface area contributed by atoms with Gasteiger partial charge in [0.15, 0.2) is 0 Å². The van der Waals surface area contributed by atoms with E-state index in [1.54, 1.807) is 4.68 Å². The Balaban J connectivity index is 2.70. The van der Waals surface area contributed by atoms with Crippen LogP contribution >= 0.6 is 0 Å². The van der Waals surface area contributed by atoms with Gasteiger partial charge in [-0.25, -0.2) is 14.5 Å². The molecule has 0 bridgehead atoms. The second-order valence-corrected chi connectivity index (χ2v) is 6.43. The van der Waals surface area contributed by atoms with Gasteiger partial charge in [0.2, 0.25) is 0 Å². The summed E-state index contributed by atoms with van der Waals surface area (Å²) in [5, 5.41) is 13.3. The summed E-state index contributed by atoms with van der Waals surface area (Å²) >= 11 is 0. The van der Waals surface area contributed by atoms with Crippen molar-refractivity contribution in [3.63, 3.8) is 0 Å². The number of carboxylic acids is 1. The Morgan fingerprint density at radius 2 is 1.86 bits per heavy atom. The maximum Gasteiger partial charge on any atom is 0.375 e. The van der Waals surface area contributed by atoms with E-state index in [2.05, 4.69) is 30.9 Å². The topological polar surface area (TPSA) is 68.0 Å². The molecule has 0 radical (unpaired) electrons. The van der Waals surface area contributed by atoms with Crippen molar-refractivity contribution in [2.24, 2.45) is 0 Å². The van der Waals surface area contributed by atoms with E-state index in [-0.39, 0.29) is 17.2 Å². The molecule has 1 aromatic heterocycles. The largest absolute Gasteiger partial charge is 0.475 e. The van der Waals surface area contributed by atoms with Gasteiger partial charge in [-0.3, -0.25) is 0 Å². The minimum absolute atomic E-state index is 0.0693. The van der Waals surface area contributed by atoms with Crippen molar-refractivity contribution >= 4 is 5.97 Å². The zero-order valence-electron chi connectivity index (χ0n) is 13.1. The van der Waals surface area contributed by atoms with Crippen molar-refractivity contribution in [1.82, 2.24) is 14.8 Å². The van der Waals surface area contributed by atoms with Gasteiger partial charge in [-0.1, -0.05) is 52.8 Å². The molecule has 2 rings (SSSR count). The third kappa shape index (κ3) is 2.96. The maximum absolute atomic E-state index is 11.2. The summed E-state index contributed by atoms with van der Waals surface area (Å²) in [6, 6.07) is 7.90. The summed E-state index contributed by atoms with van der Waals surface area (Å²) in [5.41, 5.74) is 1.92. The fourth-order valence-corrected chi connectivity index (χ4v) is 2.26. The Morgan fingerprint density at radius 1 is 1.24 bits per heavy atom. The molecular weight excluding hydrogens is 266 g/mol. The van der Waals surface area contributed by atoms with Crippen LogP contribution in [0.1, 0.15) is 62.5 Å². The van der Waals surface area contributed by atoms with Gasteiger partial charge in [0.25, 0.3) is 5.82 Å². The number of hydrogen-bond acceptors (Lipinski definition) is 3. The van der Waals surface area contributed by atoms with Crippen molar-refractivity contribution in [3.05, 3.63) is 41.5 Å². The van der Waals surface area contributed by atoms with Crippen molar-refractivity contribution in [2.45, 2.75) is 46.0 Å². The Hall–Kier alpha value is -2.17. The number of carboxylic acid groups (broad SMARTS) is 1. The van der Waals surface area contributed by atoms with Crippen LogP contribution in [-0.2, 0) is 5.41 Å².